The van der Waals surface area contributed by atoms with Crippen LogP contribution in [0, 0.1) is 24.7 Å². The van der Waals surface area contributed by atoms with Crippen molar-refractivity contribution in [3.8, 4) is 0 Å². The van der Waals surface area contributed by atoms with E-state index in [0.29, 0.717) is 0 Å². The van der Waals surface area contributed by atoms with Crippen LogP contribution in [-0.4, -0.2) is 24.0 Å². The first-order valence-electron chi connectivity index (χ1n) is 9.74. The Morgan fingerprint density at radius 3 is 2.70 bits per heavy atom. The van der Waals surface area contributed by atoms with Gasteiger partial charge in [0.25, 0.3) is 0 Å². The summed E-state index contributed by atoms with van der Waals surface area (Å²) in [5.74, 6) is 2.72. The summed E-state index contributed by atoms with van der Waals surface area (Å²) in [5.41, 5.74) is 6.48. The van der Waals surface area contributed by atoms with E-state index in [1.807, 2.05) is 0 Å². The Morgan fingerprint density at radius 1 is 1.13 bits per heavy atom. The van der Waals surface area contributed by atoms with E-state index in [4.69, 9.17) is 0 Å². The fraction of sp³-hybridized carbons (Fsp3) is 0.636. The molecule has 0 aromatic heterocycles. The summed E-state index contributed by atoms with van der Waals surface area (Å²) in [6, 6.07) is 9.88. The highest BCUT2D eigenvalue weighted by molar-refractivity contribution is 5.72. The van der Waals surface area contributed by atoms with E-state index in [9.17, 15) is 0 Å². The summed E-state index contributed by atoms with van der Waals surface area (Å²) in [4.78, 5) is 2.87. The lowest BCUT2D eigenvalue weighted by molar-refractivity contribution is -0.0273. The zero-order chi connectivity index (χ0) is 16.0. The Hall–Kier alpha value is -1.08. The molecule has 2 saturated heterocycles. The van der Waals surface area contributed by atoms with Crippen molar-refractivity contribution in [3.05, 3.63) is 41.0 Å². The zero-order valence-corrected chi connectivity index (χ0v) is 15.0. The smallest absolute Gasteiger partial charge is 0.0189 e. The predicted octanol–water partition coefficient (Wildman–Crippen LogP) is 5.30. The number of hydrogen-bond donors (Lipinski definition) is 0. The molecule has 1 aromatic carbocycles. The summed E-state index contributed by atoms with van der Waals surface area (Å²) >= 11 is 0. The standard InChI is InChI=1S/C22H31N/c1-4-17-12-16-13-21-18(5-2)20(10-11-23(14-16)22(17)21)19-9-7-6-8-15(19)3/h6-9,16-17,21-22H,4-5,10-14H2,1-3H3. The fourth-order valence-electron chi connectivity index (χ4n) is 5.98. The van der Waals surface area contributed by atoms with Crippen molar-refractivity contribution in [1.29, 1.82) is 0 Å². The van der Waals surface area contributed by atoms with Crippen molar-refractivity contribution in [2.24, 2.45) is 17.8 Å². The SMILES string of the molecule is CCC1=C(c2ccccc2C)CCN2CC3CC(CC)C2C1C3. The van der Waals surface area contributed by atoms with Crippen LogP contribution in [0.5, 0.6) is 0 Å². The molecule has 1 aliphatic carbocycles. The van der Waals surface area contributed by atoms with Gasteiger partial charge in [-0.2, -0.15) is 0 Å². The number of nitrogens with zero attached hydrogens (tertiary/aromatic N) is 1. The highest BCUT2D eigenvalue weighted by Gasteiger charge is 2.48. The normalized spacial score (nSPS) is 36.2. The van der Waals surface area contributed by atoms with Gasteiger partial charge in [-0.3, -0.25) is 4.90 Å². The minimum absolute atomic E-state index is 0.828. The first kappa shape index (κ1) is 15.4. The summed E-state index contributed by atoms with van der Waals surface area (Å²) < 4.78 is 0. The van der Waals surface area contributed by atoms with Gasteiger partial charge in [0, 0.05) is 19.1 Å². The Balaban J connectivity index is 1.80. The van der Waals surface area contributed by atoms with Gasteiger partial charge in [-0.1, -0.05) is 50.1 Å². The maximum absolute atomic E-state index is 2.87. The number of rotatable bonds is 3. The molecule has 1 nitrogen and oxygen atoms in total. The third kappa shape index (κ3) is 2.48. The van der Waals surface area contributed by atoms with Gasteiger partial charge in [0.2, 0.25) is 0 Å². The van der Waals surface area contributed by atoms with Gasteiger partial charge in [0.1, 0.15) is 0 Å². The van der Waals surface area contributed by atoms with Gasteiger partial charge in [-0.05, 0) is 67.1 Å². The minimum Gasteiger partial charge on any atom is -0.299 e. The van der Waals surface area contributed by atoms with Crippen LogP contribution >= 0.6 is 0 Å². The van der Waals surface area contributed by atoms with Crippen LogP contribution < -0.4 is 0 Å². The Bertz CT molecular complexity index is 614. The maximum atomic E-state index is 2.87. The second kappa shape index (κ2) is 6.09. The van der Waals surface area contributed by atoms with Crippen molar-refractivity contribution >= 4 is 5.57 Å². The van der Waals surface area contributed by atoms with Crippen molar-refractivity contribution in [1.82, 2.24) is 4.90 Å². The van der Waals surface area contributed by atoms with Crippen LogP contribution in [0.4, 0.5) is 0 Å². The van der Waals surface area contributed by atoms with Gasteiger partial charge in [-0.25, -0.2) is 0 Å². The van der Waals surface area contributed by atoms with Crippen molar-refractivity contribution in [2.75, 3.05) is 13.1 Å². The van der Waals surface area contributed by atoms with E-state index in [-0.39, 0.29) is 0 Å². The molecular formula is C22H31N. The number of piperidine rings is 2. The second-order valence-electron chi connectivity index (χ2n) is 8.02. The molecule has 5 unspecified atom stereocenters. The van der Waals surface area contributed by atoms with Crippen LogP contribution in [0.3, 0.4) is 0 Å². The molecule has 23 heavy (non-hydrogen) atoms. The largest absolute Gasteiger partial charge is 0.299 e. The monoisotopic (exact) mass is 309 g/mol. The number of aryl methyl sites for hydroxylation is 1. The molecule has 5 atom stereocenters. The van der Waals surface area contributed by atoms with E-state index in [2.05, 4.69) is 49.9 Å². The van der Waals surface area contributed by atoms with E-state index in [1.165, 1.54) is 56.3 Å². The molecular weight excluding hydrogens is 278 g/mol. The molecule has 0 radical (unpaired) electrons. The zero-order valence-electron chi connectivity index (χ0n) is 15.0. The highest BCUT2D eigenvalue weighted by atomic mass is 15.2. The van der Waals surface area contributed by atoms with Crippen LogP contribution in [-0.2, 0) is 0 Å². The molecule has 4 aliphatic rings. The summed E-state index contributed by atoms with van der Waals surface area (Å²) in [5, 5.41) is 0. The molecule has 1 saturated carbocycles. The number of hydrogen-bond acceptors (Lipinski definition) is 1. The molecule has 5 rings (SSSR count). The highest BCUT2D eigenvalue weighted by Crippen LogP contribution is 2.50. The number of benzene rings is 1. The first-order chi connectivity index (χ1) is 11.2. The topological polar surface area (TPSA) is 3.24 Å². The third-order valence-corrected chi connectivity index (χ3v) is 6.89. The summed E-state index contributed by atoms with van der Waals surface area (Å²) in [7, 11) is 0. The Morgan fingerprint density at radius 2 is 1.96 bits per heavy atom. The molecule has 124 valence electrons. The van der Waals surface area contributed by atoms with E-state index < -0.39 is 0 Å². The molecule has 1 heteroatoms. The van der Waals surface area contributed by atoms with Gasteiger partial charge in [0.05, 0.1) is 0 Å². The molecule has 3 aliphatic heterocycles. The second-order valence-corrected chi connectivity index (χ2v) is 8.02. The average Bonchev–Trinajstić information content (AvgIpc) is 2.69. The van der Waals surface area contributed by atoms with E-state index >= 15 is 0 Å². The van der Waals surface area contributed by atoms with Gasteiger partial charge in [-0.15, -0.1) is 0 Å². The predicted molar refractivity (Wildman–Crippen MR) is 98.4 cm³/mol. The summed E-state index contributed by atoms with van der Waals surface area (Å²) in [6.45, 7) is 9.74. The van der Waals surface area contributed by atoms with E-state index in [1.54, 1.807) is 11.1 Å². The number of fused-ring (bicyclic) bond motifs is 1. The first-order valence-corrected chi connectivity index (χ1v) is 9.74. The lowest BCUT2D eigenvalue weighted by atomic mass is 9.63. The molecule has 0 amide bonds. The average molecular weight is 309 g/mol. The molecule has 0 spiro atoms. The van der Waals surface area contributed by atoms with Crippen LogP contribution in [0.1, 0.15) is 57.1 Å². The quantitative estimate of drug-likeness (QED) is 0.732. The molecule has 3 heterocycles. The van der Waals surface area contributed by atoms with Crippen LogP contribution in [0.15, 0.2) is 29.8 Å². The van der Waals surface area contributed by atoms with Crippen molar-refractivity contribution in [3.63, 3.8) is 0 Å². The van der Waals surface area contributed by atoms with Crippen LogP contribution in [0.25, 0.3) is 5.57 Å². The maximum Gasteiger partial charge on any atom is 0.0189 e. The summed E-state index contributed by atoms with van der Waals surface area (Å²) in [6.07, 6.45) is 6.80. The fourth-order valence-corrected chi connectivity index (χ4v) is 5.98. The molecule has 4 bridgehead atoms. The lowest BCUT2D eigenvalue weighted by Gasteiger charge is -2.54. The minimum atomic E-state index is 0.828. The van der Waals surface area contributed by atoms with Crippen molar-refractivity contribution in [2.45, 2.75) is 58.9 Å². The van der Waals surface area contributed by atoms with Crippen LogP contribution in [0.2, 0.25) is 0 Å². The van der Waals surface area contributed by atoms with E-state index in [0.717, 1.165) is 23.8 Å². The van der Waals surface area contributed by atoms with Gasteiger partial charge in [0.15, 0.2) is 0 Å². The lowest BCUT2D eigenvalue weighted by Crippen LogP contribution is -2.57. The van der Waals surface area contributed by atoms with Crippen molar-refractivity contribution < 1.29 is 0 Å². The van der Waals surface area contributed by atoms with Gasteiger partial charge < -0.3 is 0 Å². The molecule has 3 fully saturated rings. The molecule has 0 N–H and O–H groups in total. The Kier molecular flexibility index (Phi) is 4.09. The Labute approximate surface area is 141 Å². The third-order valence-electron chi connectivity index (χ3n) is 6.89. The van der Waals surface area contributed by atoms with Gasteiger partial charge >= 0.3 is 0 Å². The molecule has 1 aromatic rings.